The standard InChI is InChI=1S/C28H28N2O7S/c1-6-36-27(34)23-16(4)29-28-30(24(23)19-11-12-20(37-15(2)3)21(14-19)35-5)25(31)22(38-28)13-17-7-9-18(10-8-17)26(32)33/h7-15,24H,6H2,1-5H3,(H,32,33)/b22-13-/t24-/m0/s1. The molecule has 1 aromatic heterocycles. The third kappa shape index (κ3) is 5.26. The number of ether oxygens (including phenoxy) is 3. The summed E-state index contributed by atoms with van der Waals surface area (Å²) in [4.78, 5) is 43.0. The summed E-state index contributed by atoms with van der Waals surface area (Å²) in [5.41, 5.74) is 1.82. The van der Waals surface area contributed by atoms with E-state index in [0.29, 0.717) is 37.7 Å². The molecule has 3 aromatic rings. The van der Waals surface area contributed by atoms with Crippen molar-refractivity contribution in [2.45, 2.75) is 39.8 Å². The van der Waals surface area contributed by atoms with Gasteiger partial charge in [0, 0.05) is 0 Å². The smallest absolute Gasteiger partial charge is 0.338 e. The number of aromatic nitrogens is 1. The van der Waals surface area contributed by atoms with Gasteiger partial charge in [-0.15, -0.1) is 0 Å². The van der Waals surface area contributed by atoms with Gasteiger partial charge in [-0.05, 0) is 69.2 Å². The van der Waals surface area contributed by atoms with Crippen molar-refractivity contribution in [2.75, 3.05) is 13.7 Å². The van der Waals surface area contributed by atoms with Gasteiger partial charge < -0.3 is 19.3 Å². The van der Waals surface area contributed by atoms with Crippen LogP contribution >= 0.6 is 11.3 Å². The van der Waals surface area contributed by atoms with Crippen LogP contribution in [0.5, 0.6) is 11.5 Å². The van der Waals surface area contributed by atoms with Crippen molar-refractivity contribution in [1.29, 1.82) is 0 Å². The Kier molecular flexibility index (Phi) is 7.82. The van der Waals surface area contributed by atoms with Crippen molar-refractivity contribution >= 4 is 29.4 Å². The molecule has 0 radical (unpaired) electrons. The molecule has 1 atom stereocenters. The van der Waals surface area contributed by atoms with Crippen LogP contribution in [0, 0.1) is 0 Å². The number of esters is 1. The lowest BCUT2D eigenvalue weighted by Crippen LogP contribution is -2.40. The second kappa shape index (κ2) is 11.1. The maximum atomic E-state index is 13.7. The number of aromatic carboxylic acids is 1. The fourth-order valence-electron chi connectivity index (χ4n) is 4.19. The van der Waals surface area contributed by atoms with Gasteiger partial charge in [0.15, 0.2) is 16.3 Å². The molecule has 0 aliphatic carbocycles. The highest BCUT2D eigenvalue weighted by Gasteiger charge is 2.34. The number of hydrogen-bond donors (Lipinski definition) is 1. The summed E-state index contributed by atoms with van der Waals surface area (Å²) in [5, 5.41) is 9.15. The SMILES string of the molecule is CCOC(=O)C1=C(C)N=c2s/c(=C\c3ccc(C(=O)O)cc3)c(=O)n2[C@H]1c1ccc(OC(C)C)c(OC)c1. The fourth-order valence-corrected chi connectivity index (χ4v) is 5.23. The second-order valence-corrected chi connectivity index (χ2v) is 9.82. The van der Waals surface area contributed by atoms with Gasteiger partial charge in [-0.3, -0.25) is 9.36 Å². The molecule has 0 fully saturated rings. The molecule has 198 valence electrons. The van der Waals surface area contributed by atoms with Crippen LogP contribution in [-0.2, 0) is 9.53 Å². The molecule has 2 aromatic carbocycles. The number of carboxylic acids is 1. The third-order valence-corrected chi connectivity index (χ3v) is 6.82. The second-order valence-electron chi connectivity index (χ2n) is 8.81. The van der Waals surface area contributed by atoms with E-state index < -0.39 is 18.0 Å². The van der Waals surface area contributed by atoms with E-state index in [1.807, 2.05) is 13.8 Å². The van der Waals surface area contributed by atoms with Crippen molar-refractivity contribution in [3.63, 3.8) is 0 Å². The lowest BCUT2D eigenvalue weighted by atomic mass is 9.95. The Morgan fingerprint density at radius 1 is 1.16 bits per heavy atom. The quantitative estimate of drug-likeness (QED) is 0.439. The summed E-state index contributed by atoms with van der Waals surface area (Å²) < 4.78 is 18.6. The van der Waals surface area contributed by atoms with E-state index >= 15 is 0 Å². The van der Waals surface area contributed by atoms with Gasteiger partial charge in [-0.25, -0.2) is 14.6 Å². The average molecular weight is 537 g/mol. The Hall–Kier alpha value is -4.18. The molecule has 2 heterocycles. The Morgan fingerprint density at radius 2 is 1.87 bits per heavy atom. The van der Waals surface area contributed by atoms with Gasteiger partial charge in [0.05, 0.1) is 47.2 Å². The molecular formula is C28H28N2O7S. The zero-order valence-electron chi connectivity index (χ0n) is 21.7. The summed E-state index contributed by atoms with van der Waals surface area (Å²) in [7, 11) is 1.53. The molecule has 0 saturated heterocycles. The molecule has 38 heavy (non-hydrogen) atoms. The lowest BCUT2D eigenvalue weighted by molar-refractivity contribution is -0.139. The van der Waals surface area contributed by atoms with Crippen LogP contribution in [-0.4, -0.2) is 41.4 Å². The minimum Gasteiger partial charge on any atom is -0.493 e. The van der Waals surface area contributed by atoms with Crippen LogP contribution in [0.15, 0.2) is 63.5 Å². The first kappa shape index (κ1) is 26.9. The molecule has 0 amide bonds. The van der Waals surface area contributed by atoms with Crippen LogP contribution in [0.1, 0.15) is 55.2 Å². The predicted molar refractivity (Wildman–Crippen MR) is 143 cm³/mol. The van der Waals surface area contributed by atoms with E-state index in [0.717, 1.165) is 0 Å². The van der Waals surface area contributed by atoms with Crippen molar-refractivity contribution in [2.24, 2.45) is 4.99 Å². The number of carbonyl (C=O) groups excluding carboxylic acids is 1. The Balaban J connectivity index is 1.91. The summed E-state index contributed by atoms with van der Waals surface area (Å²) in [5.74, 6) is -0.576. The maximum Gasteiger partial charge on any atom is 0.338 e. The monoisotopic (exact) mass is 536 g/mol. The largest absolute Gasteiger partial charge is 0.493 e. The molecule has 9 nitrogen and oxygen atoms in total. The lowest BCUT2D eigenvalue weighted by Gasteiger charge is -2.25. The van der Waals surface area contributed by atoms with Gasteiger partial charge in [0.1, 0.15) is 0 Å². The van der Waals surface area contributed by atoms with E-state index in [9.17, 15) is 14.4 Å². The van der Waals surface area contributed by atoms with Gasteiger partial charge in [0.25, 0.3) is 5.56 Å². The highest BCUT2D eigenvalue weighted by molar-refractivity contribution is 7.07. The van der Waals surface area contributed by atoms with Crippen molar-refractivity contribution in [3.8, 4) is 11.5 Å². The zero-order valence-corrected chi connectivity index (χ0v) is 22.5. The first-order valence-electron chi connectivity index (χ1n) is 12.0. The first-order chi connectivity index (χ1) is 18.1. The predicted octanol–water partition coefficient (Wildman–Crippen LogP) is 3.29. The van der Waals surface area contributed by atoms with Gasteiger partial charge in [-0.2, -0.15) is 0 Å². The Labute approximate surface area is 222 Å². The third-order valence-electron chi connectivity index (χ3n) is 5.84. The van der Waals surface area contributed by atoms with Crippen LogP contribution < -0.4 is 24.4 Å². The molecule has 1 aliphatic rings. The van der Waals surface area contributed by atoms with Crippen molar-refractivity contribution in [1.82, 2.24) is 4.57 Å². The highest BCUT2D eigenvalue weighted by Crippen LogP contribution is 2.36. The number of carbonyl (C=O) groups is 2. The van der Waals surface area contributed by atoms with Gasteiger partial charge in [-0.1, -0.05) is 29.5 Å². The maximum absolute atomic E-state index is 13.7. The number of fused-ring (bicyclic) bond motifs is 1. The number of carboxylic acid groups (broad SMARTS) is 1. The molecule has 0 unspecified atom stereocenters. The topological polar surface area (TPSA) is 116 Å². The summed E-state index contributed by atoms with van der Waals surface area (Å²) in [6, 6.07) is 10.7. The minimum atomic E-state index is -1.03. The number of nitrogens with zero attached hydrogens (tertiary/aromatic N) is 2. The van der Waals surface area contributed by atoms with E-state index in [-0.39, 0.29) is 29.4 Å². The van der Waals surface area contributed by atoms with E-state index in [1.165, 1.54) is 35.1 Å². The van der Waals surface area contributed by atoms with Crippen LogP contribution in [0.25, 0.3) is 6.08 Å². The molecule has 1 N–H and O–H groups in total. The zero-order chi connectivity index (χ0) is 27.6. The minimum absolute atomic E-state index is 0.0748. The normalized spacial score (nSPS) is 15.2. The first-order valence-corrected chi connectivity index (χ1v) is 12.8. The van der Waals surface area contributed by atoms with Gasteiger partial charge in [0.2, 0.25) is 0 Å². The average Bonchev–Trinajstić information content (AvgIpc) is 3.17. The Morgan fingerprint density at radius 3 is 2.47 bits per heavy atom. The number of methoxy groups -OCH3 is 1. The molecule has 0 bridgehead atoms. The summed E-state index contributed by atoms with van der Waals surface area (Å²) in [6.45, 7) is 7.42. The molecular weight excluding hydrogens is 508 g/mol. The molecule has 1 aliphatic heterocycles. The van der Waals surface area contributed by atoms with Crippen LogP contribution in [0.2, 0.25) is 0 Å². The number of benzene rings is 2. The Bertz CT molecular complexity index is 1600. The van der Waals surface area contributed by atoms with Crippen molar-refractivity contribution in [3.05, 3.63) is 90.1 Å². The van der Waals surface area contributed by atoms with E-state index in [2.05, 4.69) is 4.99 Å². The molecule has 0 spiro atoms. The van der Waals surface area contributed by atoms with Crippen molar-refractivity contribution < 1.29 is 28.9 Å². The number of allylic oxidation sites excluding steroid dienone is 1. The molecule has 10 heteroatoms. The highest BCUT2D eigenvalue weighted by atomic mass is 32.1. The number of hydrogen-bond acceptors (Lipinski definition) is 8. The molecule has 0 saturated carbocycles. The number of thiazole rings is 1. The fraction of sp³-hybridized carbons (Fsp3) is 0.286. The van der Waals surface area contributed by atoms with Gasteiger partial charge >= 0.3 is 11.9 Å². The van der Waals surface area contributed by atoms with Crippen LogP contribution in [0.4, 0.5) is 0 Å². The summed E-state index contributed by atoms with van der Waals surface area (Å²) >= 11 is 1.19. The molecule has 4 rings (SSSR count). The van der Waals surface area contributed by atoms with Crippen LogP contribution in [0.3, 0.4) is 0 Å². The number of rotatable bonds is 8. The van der Waals surface area contributed by atoms with E-state index in [1.54, 1.807) is 50.3 Å². The summed E-state index contributed by atoms with van der Waals surface area (Å²) in [6.07, 6.45) is 1.60. The van der Waals surface area contributed by atoms with E-state index in [4.69, 9.17) is 19.3 Å².